The van der Waals surface area contributed by atoms with Gasteiger partial charge in [0, 0.05) is 50.3 Å². The Morgan fingerprint density at radius 2 is 1.77 bits per heavy atom. The van der Waals surface area contributed by atoms with Crippen molar-refractivity contribution in [3.63, 3.8) is 0 Å². The van der Waals surface area contributed by atoms with Crippen LogP contribution < -0.4 is 20.3 Å². The highest BCUT2D eigenvalue weighted by Gasteiger charge is 2.15. The molecule has 4 rings (SSSR count). The first-order chi connectivity index (χ1) is 14.9. The molecule has 3 aromatic rings. The van der Waals surface area contributed by atoms with E-state index in [4.69, 9.17) is 0 Å². The van der Waals surface area contributed by atoms with Crippen molar-refractivity contribution in [3.05, 3.63) is 54.7 Å². The third-order valence-electron chi connectivity index (χ3n) is 5.07. The Kier molecular flexibility index (Phi) is 6.06. The Labute approximate surface area is 182 Å². The molecule has 0 saturated heterocycles. The second-order valence-electron chi connectivity index (χ2n) is 7.58. The molecule has 0 spiro atoms. The van der Waals surface area contributed by atoms with Crippen molar-refractivity contribution in [2.75, 3.05) is 42.7 Å². The SMILES string of the molecule is CN(C)c1ccc(-c2cnc3nc2NCCCCNS(=O)(=O)c2cccc(c2)N3)cc1. The van der Waals surface area contributed by atoms with E-state index in [0.717, 1.165) is 35.5 Å². The predicted molar refractivity (Wildman–Crippen MR) is 124 cm³/mol. The van der Waals surface area contributed by atoms with E-state index in [0.29, 0.717) is 24.7 Å². The number of nitrogens with zero attached hydrogens (tertiary/aromatic N) is 3. The summed E-state index contributed by atoms with van der Waals surface area (Å²) >= 11 is 0. The van der Waals surface area contributed by atoms with Gasteiger partial charge in [0.05, 0.1) is 4.90 Å². The minimum atomic E-state index is -3.55. The Hall–Kier alpha value is -3.17. The lowest BCUT2D eigenvalue weighted by molar-refractivity contribution is 0.577. The van der Waals surface area contributed by atoms with E-state index in [2.05, 4.69) is 54.5 Å². The maximum absolute atomic E-state index is 12.5. The Balaban J connectivity index is 1.70. The normalized spacial score (nSPS) is 15.8. The molecule has 0 aliphatic carbocycles. The fourth-order valence-electron chi connectivity index (χ4n) is 3.34. The Morgan fingerprint density at radius 1 is 1.00 bits per heavy atom. The lowest BCUT2D eigenvalue weighted by atomic mass is 10.1. The minimum absolute atomic E-state index is 0.213. The topological polar surface area (TPSA) is 99.2 Å². The largest absolute Gasteiger partial charge is 0.378 e. The van der Waals surface area contributed by atoms with E-state index < -0.39 is 10.0 Å². The number of anilines is 4. The number of fused-ring (bicyclic) bond motifs is 4. The molecule has 1 aliphatic rings. The molecular weight excluding hydrogens is 412 g/mol. The van der Waals surface area contributed by atoms with Crippen LogP contribution in [-0.4, -0.2) is 45.6 Å². The van der Waals surface area contributed by atoms with Crippen LogP contribution in [0, 0.1) is 0 Å². The number of nitrogens with one attached hydrogen (secondary N) is 3. The molecule has 1 aliphatic heterocycles. The summed E-state index contributed by atoms with van der Waals surface area (Å²) in [4.78, 5) is 11.4. The molecule has 9 heteroatoms. The second kappa shape index (κ2) is 8.91. The molecule has 0 radical (unpaired) electrons. The molecule has 8 nitrogen and oxygen atoms in total. The van der Waals surface area contributed by atoms with Gasteiger partial charge in [0.1, 0.15) is 5.82 Å². The molecule has 0 amide bonds. The molecule has 0 unspecified atom stereocenters. The summed E-state index contributed by atoms with van der Waals surface area (Å²) < 4.78 is 27.6. The summed E-state index contributed by atoms with van der Waals surface area (Å²) in [6.07, 6.45) is 3.31. The lowest BCUT2D eigenvalue weighted by Crippen LogP contribution is -2.25. The van der Waals surface area contributed by atoms with Crippen LogP contribution in [0.15, 0.2) is 59.6 Å². The third kappa shape index (κ3) is 4.95. The maximum atomic E-state index is 12.5. The Morgan fingerprint density at radius 3 is 2.55 bits per heavy atom. The van der Waals surface area contributed by atoms with Gasteiger partial charge < -0.3 is 15.5 Å². The third-order valence-corrected chi connectivity index (χ3v) is 6.53. The Bertz CT molecular complexity index is 1160. The predicted octanol–water partition coefficient (Wildman–Crippen LogP) is 3.44. The van der Waals surface area contributed by atoms with Gasteiger partial charge in [-0.3, -0.25) is 0 Å². The van der Waals surface area contributed by atoms with Crippen LogP contribution in [0.4, 0.5) is 23.1 Å². The number of benzene rings is 2. The molecule has 1 aromatic heterocycles. The number of rotatable bonds is 2. The zero-order valence-electron chi connectivity index (χ0n) is 17.6. The highest BCUT2D eigenvalue weighted by molar-refractivity contribution is 7.89. The van der Waals surface area contributed by atoms with Crippen molar-refractivity contribution >= 4 is 33.2 Å². The minimum Gasteiger partial charge on any atom is -0.378 e. The summed E-state index contributed by atoms with van der Waals surface area (Å²) in [6.45, 7) is 1.06. The quantitative estimate of drug-likeness (QED) is 0.564. The van der Waals surface area contributed by atoms with E-state index in [1.165, 1.54) is 0 Å². The average Bonchev–Trinajstić information content (AvgIpc) is 2.76. The monoisotopic (exact) mass is 438 g/mol. The van der Waals surface area contributed by atoms with Gasteiger partial charge in [-0.1, -0.05) is 18.2 Å². The van der Waals surface area contributed by atoms with Gasteiger partial charge in [0.15, 0.2) is 0 Å². The van der Waals surface area contributed by atoms with Gasteiger partial charge in [0.25, 0.3) is 0 Å². The molecule has 0 saturated carbocycles. The van der Waals surface area contributed by atoms with Crippen LogP contribution >= 0.6 is 0 Å². The van der Waals surface area contributed by atoms with Gasteiger partial charge in [-0.25, -0.2) is 18.1 Å². The van der Waals surface area contributed by atoms with Crippen LogP contribution in [0.1, 0.15) is 12.8 Å². The molecular formula is C22H26N6O2S. The zero-order valence-corrected chi connectivity index (χ0v) is 18.4. The van der Waals surface area contributed by atoms with Gasteiger partial charge >= 0.3 is 0 Å². The smallest absolute Gasteiger partial charge is 0.240 e. The highest BCUT2D eigenvalue weighted by atomic mass is 32.2. The van der Waals surface area contributed by atoms with Crippen molar-refractivity contribution in [2.45, 2.75) is 17.7 Å². The fourth-order valence-corrected chi connectivity index (χ4v) is 4.46. The summed E-state index contributed by atoms with van der Waals surface area (Å²) in [6, 6.07) is 14.9. The molecule has 2 heterocycles. The van der Waals surface area contributed by atoms with Crippen LogP contribution in [0.3, 0.4) is 0 Å². The van der Waals surface area contributed by atoms with E-state index in [9.17, 15) is 8.42 Å². The summed E-state index contributed by atoms with van der Waals surface area (Å²) in [5, 5.41) is 6.51. The second-order valence-corrected chi connectivity index (χ2v) is 9.35. The molecule has 0 fully saturated rings. The van der Waals surface area contributed by atoms with Crippen molar-refractivity contribution in [1.82, 2.24) is 14.7 Å². The number of aromatic nitrogens is 2. The lowest BCUT2D eigenvalue weighted by Gasteiger charge is -2.16. The summed E-state index contributed by atoms with van der Waals surface area (Å²) in [5.74, 6) is 1.14. The number of sulfonamides is 1. The van der Waals surface area contributed by atoms with Crippen LogP contribution in [0.5, 0.6) is 0 Å². The zero-order chi connectivity index (χ0) is 21.8. The van der Waals surface area contributed by atoms with Crippen LogP contribution in [-0.2, 0) is 10.0 Å². The van der Waals surface area contributed by atoms with Gasteiger partial charge in [0.2, 0.25) is 16.0 Å². The summed E-state index contributed by atoms with van der Waals surface area (Å²) in [7, 11) is 0.472. The van der Waals surface area contributed by atoms with Crippen molar-refractivity contribution in [3.8, 4) is 11.1 Å². The van der Waals surface area contributed by atoms with Gasteiger partial charge in [-0.2, -0.15) is 4.98 Å². The number of hydrogen-bond donors (Lipinski definition) is 3. The van der Waals surface area contributed by atoms with Crippen LogP contribution in [0.25, 0.3) is 11.1 Å². The average molecular weight is 439 g/mol. The highest BCUT2D eigenvalue weighted by Crippen LogP contribution is 2.29. The standard InChI is InChI=1S/C22H26N6O2S/c1-28(2)18-10-8-16(9-11-18)20-15-24-22-26-17-6-5-7-19(14-17)31(29,30)25-13-4-3-12-23-21(20)27-22/h5-11,14-15,25H,3-4,12-13H2,1-2H3,(H2,23,24,26,27). The van der Waals surface area contributed by atoms with E-state index in [-0.39, 0.29) is 4.90 Å². The van der Waals surface area contributed by atoms with Gasteiger partial charge in [-0.15, -0.1) is 0 Å². The molecule has 2 aromatic carbocycles. The van der Waals surface area contributed by atoms with Crippen molar-refractivity contribution in [1.29, 1.82) is 0 Å². The van der Waals surface area contributed by atoms with E-state index >= 15 is 0 Å². The molecule has 0 atom stereocenters. The van der Waals surface area contributed by atoms with E-state index in [1.54, 1.807) is 30.5 Å². The first-order valence-corrected chi connectivity index (χ1v) is 11.7. The summed E-state index contributed by atoms with van der Waals surface area (Å²) in [5.41, 5.74) is 3.66. The number of hydrogen-bond acceptors (Lipinski definition) is 7. The van der Waals surface area contributed by atoms with Gasteiger partial charge in [-0.05, 0) is 48.7 Å². The first kappa shape index (κ1) is 21.1. The molecule has 162 valence electrons. The van der Waals surface area contributed by atoms with Crippen LogP contribution in [0.2, 0.25) is 0 Å². The van der Waals surface area contributed by atoms with Crippen molar-refractivity contribution < 1.29 is 8.42 Å². The molecule has 3 N–H and O–H groups in total. The molecule has 4 bridgehead atoms. The first-order valence-electron chi connectivity index (χ1n) is 10.2. The van der Waals surface area contributed by atoms with E-state index in [1.807, 2.05) is 14.1 Å². The molecule has 31 heavy (non-hydrogen) atoms. The maximum Gasteiger partial charge on any atom is 0.240 e. The fraction of sp³-hybridized carbons (Fsp3) is 0.273. The van der Waals surface area contributed by atoms with Crippen molar-refractivity contribution in [2.24, 2.45) is 0 Å².